The van der Waals surface area contributed by atoms with Gasteiger partial charge in [0.25, 0.3) is 0 Å². The van der Waals surface area contributed by atoms with E-state index in [1.807, 2.05) is 0 Å². The molecule has 0 aliphatic rings. The zero-order chi connectivity index (χ0) is 26.1. The van der Waals surface area contributed by atoms with E-state index in [2.05, 4.69) is 25.6 Å². The first-order valence-electron chi connectivity index (χ1n) is 11.1. The molecule has 0 aliphatic heterocycles. The van der Waals surface area contributed by atoms with Gasteiger partial charge in [0.1, 0.15) is 12.1 Å². The average Bonchev–Trinajstić information content (AvgIpc) is 2.74. The fraction of sp³-hybridized carbons (Fsp3) is 0.684. The van der Waals surface area contributed by atoms with Gasteiger partial charge in [-0.25, -0.2) is 4.79 Å². The van der Waals surface area contributed by atoms with Gasteiger partial charge in [-0.2, -0.15) is 0 Å². The van der Waals surface area contributed by atoms with Gasteiger partial charge >= 0.3 is 23.8 Å². The second-order valence-corrected chi connectivity index (χ2v) is 7.93. The molecular weight excluding hydrogens is 446 g/mol. The standard InChI is InChI=1S/C19H39N11O4/c1-11(5-2-8-26-17(20)21)14(31)29-12(6-3-9-27-18(22)23)15(32)30-13(16(33)34)7-4-10-28-19(24)25/h11-13H,2-10H2,1H3,(H,29,31)(H,30,32)(H,33,34)(H4,20,21,26)(H4,22,23,27)(H4,24,25,28)/p+3/t11-,12-,13-/m0/s1. The molecule has 0 aliphatic carbocycles. The second kappa shape index (κ2) is 16.8. The van der Waals surface area contributed by atoms with E-state index < -0.39 is 24.0 Å². The minimum atomic E-state index is -1.19. The van der Waals surface area contributed by atoms with Crippen molar-refractivity contribution in [1.82, 2.24) is 10.6 Å². The summed E-state index contributed by atoms with van der Waals surface area (Å²) in [5.41, 5.74) is 32.0. The van der Waals surface area contributed by atoms with Crippen LogP contribution in [0.5, 0.6) is 0 Å². The topological polar surface area (TPSA) is 294 Å². The van der Waals surface area contributed by atoms with Crippen LogP contribution in [-0.2, 0) is 14.4 Å². The highest BCUT2D eigenvalue weighted by Crippen LogP contribution is 2.07. The molecule has 0 radical (unpaired) electrons. The summed E-state index contributed by atoms with van der Waals surface area (Å²) in [6.07, 6.45) is 2.42. The predicted molar refractivity (Wildman–Crippen MR) is 126 cm³/mol. The minimum Gasteiger partial charge on any atom is -0.480 e. The van der Waals surface area contributed by atoms with Crippen LogP contribution >= 0.6 is 0 Å². The number of rotatable bonds is 17. The Morgan fingerprint density at radius 1 is 0.676 bits per heavy atom. The number of carboxylic acids is 1. The van der Waals surface area contributed by atoms with Crippen molar-refractivity contribution < 1.29 is 34.5 Å². The van der Waals surface area contributed by atoms with Crippen LogP contribution in [0.15, 0.2) is 0 Å². The van der Waals surface area contributed by atoms with Gasteiger partial charge in [-0.3, -0.25) is 59.0 Å². The summed E-state index contributed by atoms with van der Waals surface area (Å²) in [6, 6.07) is -2.07. The molecule has 0 fully saturated rings. The number of carboxylic acid groups (broad SMARTS) is 1. The zero-order valence-electron chi connectivity index (χ0n) is 19.7. The predicted octanol–water partition coefficient (Wildman–Crippen LogP) is -8.92. The van der Waals surface area contributed by atoms with Gasteiger partial charge < -0.3 is 15.7 Å². The number of aliphatic carboxylic acids is 1. The zero-order valence-corrected chi connectivity index (χ0v) is 19.7. The Balaban J connectivity index is 5.10. The highest BCUT2D eigenvalue weighted by atomic mass is 16.4. The average molecular weight is 489 g/mol. The molecular formula is C19H42N11O4+3. The first kappa shape index (κ1) is 30.2. The largest absolute Gasteiger partial charge is 0.480 e. The van der Waals surface area contributed by atoms with Crippen LogP contribution in [0.25, 0.3) is 0 Å². The Bertz CT molecular complexity index is 743. The first-order valence-corrected chi connectivity index (χ1v) is 11.1. The molecule has 0 spiro atoms. The fourth-order valence-electron chi connectivity index (χ4n) is 2.96. The summed E-state index contributed by atoms with van der Waals surface area (Å²) >= 11 is 0. The Kier molecular flexibility index (Phi) is 14.9. The van der Waals surface area contributed by atoms with Gasteiger partial charge in [0.05, 0.1) is 19.6 Å². The Morgan fingerprint density at radius 2 is 1.06 bits per heavy atom. The number of hydrogen-bond donors (Lipinski definition) is 12. The van der Waals surface area contributed by atoms with Gasteiger partial charge in [-0.15, -0.1) is 0 Å². The number of carbonyl (C=O) groups excluding carboxylic acids is 2. The van der Waals surface area contributed by atoms with E-state index in [4.69, 9.17) is 34.4 Å². The van der Waals surface area contributed by atoms with Crippen molar-refractivity contribution in [2.24, 2.45) is 40.3 Å². The van der Waals surface area contributed by atoms with Crippen molar-refractivity contribution >= 4 is 35.7 Å². The van der Waals surface area contributed by atoms with Crippen molar-refractivity contribution in [2.45, 2.75) is 57.5 Å². The van der Waals surface area contributed by atoms with Gasteiger partial charge in [0, 0.05) is 5.92 Å². The molecule has 0 saturated carbocycles. The summed E-state index contributed by atoms with van der Waals surface area (Å²) in [6.45, 7) is 2.98. The van der Waals surface area contributed by atoms with Crippen LogP contribution in [0.1, 0.15) is 45.4 Å². The van der Waals surface area contributed by atoms with Crippen LogP contribution in [0, 0.1) is 5.92 Å². The smallest absolute Gasteiger partial charge is 0.338 e. The molecule has 3 atom stereocenters. The molecule has 15 heteroatoms. The molecule has 194 valence electrons. The molecule has 0 heterocycles. The van der Waals surface area contributed by atoms with E-state index in [-0.39, 0.29) is 42.5 Å². The quantitative estimate of drug-likeness (QED) is 0.0521. The summed E-state index contributed by atoms with van der Waals surface area (Å²) < 4.78 is 0. The van der Waals surface area contributed by atoms with Crippen LogP contribution < -0.4 is 60.0 Å². The van der Waals surface area contributed by atoms with Crippen molar-refractivity contribution in [3.05, 3.63) is 0 Å². The molecule has 2 amide bonds. The van der Waals surface area contributed by atoms with E-state index in [9.17, 15) is 19.5 Å². The summed E-state index contributed by atoms with van der Waals surface area (Å²) in [5.74, 6) is -2.33. The number of nitrogens with two attached hydrogens (primary N) is 6. The number of amides is 2. The maximum Gasteiger partial charge on any atom is 0.338 e. The molecule has 0 aromatic carbocycles. The van der Waals surface area contributed by atoms with Gasteiger partial charge in [-0.1, -0.05) is 6.92 Å². The molecule has 0 bridgehead atoms. The van der Waals surface area contributed by atoms with E-state index in [0.29, 0.717) is 45.3 Å². The van der Waals surface area contributed by atoms with E-state index in [0.717, 1.165) is 0 Å². The fourth-order valence-corrected chi connectivity index (χ4v) is 2.96. The van der Waals surface area contributed by atoms with Crippen LogP contribution in [0.3, 0.4) is 0 Å². The van der Waals surface area contributed by atoms with Gasteiger partial charge in [0.15, 0.2) is 0 Å². The first-order chi connectivity index (χ1) is 15.9. The van der Waals surface area contributed by atoms with Crippen molar-refractivity contribution in [2.75, 3.05) is 19.6 Å². The molecule has 18 N–H and O–H groups in total. The lowest BCUT2D eigenvalue weighted by Gasteiger charge is -2.22. The summed E-state index contributed by atoms with van der Waals surface area (Å²) in [5, 5.41) is 14.7. The Hall–Kier alpha value is -3.78. The van der Waals surface area contributed by atoms with Crippen LogP contribution in [0.2, 0.25) is 0 Å². The molecule has 34 heavy (non-hydrogen) atoms. The van der Waals surface area contributed by atoms with E-state index >= 15 is 0 Å². The lowest BCUT2D eigenvalue weighted by atomic mass is 10.0. The second-order valence-electron chi connectivity index (χ2n) is 7.93. The van der Waals surface area contributed by atoms with Crippen LogP contribution in [-0.4, -0.2) is 72.5 Å². The Labute approximate surface area is 198 Å². The Morgan fingerprint density at radius 3 is 1.47 bits per heavy atom. The monoisotopic (exact) mass is 488 g/mol. The lowest BCUT2D eigenvalue weighted by Crippen LogP contribution is -2.78. The van der Waals surface area contributed by atoms with Crippen molar-refractivity contribution in [3.63, 3.8) is 0 Å². The molecule has 0 aromatic rings. The van der Waals surface area contributed by atoms with E-state index in [1.165, 1.54) is 0 Å². The molecule has 0 rings (SSSR count). The number of nitrogens with one attached hydrogen (secondary N) is 5. The highest BCUT2D eigenvalue weighted by Gasteiger charge is 2.27. The maximum absolute atomic E-state index is 12.9. The maximum atomic E-state index is 12.9. The molecule has 0 unspecified atom stereocenters. The van der Waals surface area contributed by atoms with Crippen molar-refractivity contribution in [1.29, 1.82) is 0 Å². The normalized spacial score (nSPS) is 13.0. The van der Waals surface area contributed by atoms with Crippen LogP contribution in [0.4, 0.5) is 0 Å². The third-order valence-electron chi connectivity index (χ3n) is 4.84. The van der Waals surface area contributed by atoms with Gasteiger partial charge in [0.2, 0.25) is 11.8 Å². The molecule has 15 nitrogen and oxygen atoms in total. The molecule has 0 saturated heterocycles. The minimum absolute atomic E-state index is 0.0252. The summed E-state index contributed by atoms with van der Waals surface area (Å²) in [4.78, 5) is 45.3. The van der Waals surface area contributed by atoms with E-state index in [1.54, 1.807) is 6.92 Å². The SMILES string of the molecule is C[C@@H](CCC[NH+]=C(N)N)C(=O)N[C@@H](CCC[NH+]=C(N)N)C(=O)N[C@@H](CCC[NH+]=C(N)N)C(=O)O. The number of guanidine groups is 3. The lowest BCUT2D eigenvalue weighted by molar-refractivity contribution is -0.460. The number of carbonyl (C=O) groups is 3. The third kappa shape index (κ3) is 15.1. The van der Waals surface area contributed by atoms with Gasteiger partial charge in [-0.05, 0) is 38.5 Å². The highest BCUT2D eigenvalue weighted by molar-refractivity contribution is 5.90. The summed E-state index contributed by atoms with van der Waals surface area (Å²) in [7, 11) is 0. The molecule has 0 aromatic heterocycles. The third-order valence-corrected chi connectivity index (χ3v) is 4.84. The van der Waals surface area contributed by atoms with Crippen molar-refractivity contribution in [3.8, 4) is 0 Å². The number of hydrogen-bond acceptors (Lipinski definition) is 3.